The highest BCUT2D eigenvalue weighted by Crippen LogP contribution is 2.19. The van der Waals surface area contributed by atoms with E-state index in [0.29, 0.717) is 17.7 Å². The highest BCUT2D eigenvalue weighted by molar-refractivity contribution is 7.99. The van der Waals surface area contributed by atoms with Crippen molar-refractivity contribution in [2.75, 3.05) is 12.4 Å². The first-order valence-corrected chi connectivity index (χ1v) is 7.53. The second-order valence-electron chi connectivity index (χ2n) is 4.46. The maximum atomic E-state index is 5.71. The van der Waals surface area contributed by atoms with Gasteiger partial charge in [0.25, 0.3) is 5.22 Å². The van der Waals surface area contributed by atoms with E-state index in [9.17, 15) is 0 Å². The second kappa shape index (κ2) is 7.31. The molecule has 108 valence electrons. The molecule has 1 aromatic heterocycles. The monoisotopic (exact) mass is 293 g/mol. The van der Waals surface area contributed by atoms with Crippen LogP contribution < -0.4 is 10.5 Å². The molecule has 1 heterocycles. The van der Waals surface area contributed by atoms with Gasteiger partial charge in [-0.1, -0.05) is 17.8 Å². The average Bonchev–Trinajstić information content (AvgIpc) is 2.90. The minimum absolute atomic E-state index is 0.281. The van der Waals surface area contributed by atoms with Crippen LogP contribution in [0.1, 0.15) is 23.4 Å². The van der Waals surface area contributed by atoms with Crippen LogP contribution in [0.25, 0.3) is 0 Å². The molecule has 5 nitrogen and oxygen atoms in total. The first kappa shape index (κ1) is 14.9. The van der Waals surface area contributed by atoms with E-state index in [2.05, 4.69) is 36.2 Å². The maximum Gasteiger partial charge on any atom is 0.276 e. The van der Waals surface area contributed by atoms with Gasteiger partial charge in [0.05, 0.1) is 13.2 Å². The van der Waals surface area contributed by atoms with Crippen molar-refractivity contribution in [1.82, 2.24) is 10.2 Å². The van der Waals surface area contributed by atoms with Crippen molar-refractivity contribution in [1.29, 1.82) is 0 Å². The predicted octanol–water partition coefficient (Wildman–Crippen LogP) is 2.71. The normalized spacial score (nSPS) is 10.8. The average molecular weight is 293 g/mol. The highest BCUT2D eigenvalue weighted by atomic mass is 32.2. The first-order chi connectivity index (χ1) is 9.69. The molecule has 1 aromatic carbocycles. The topological polar surface area (TPSA) is 74.2 Å². The lowest BCUT2D eigenvalue weighted by molar-refractivity contribution is 0.318. The van der Waals surface area contributed by atoms with Crippen molar-refractivity contribution >= 4 is 11.8 Å². The zero-order valence-electron chi connectivity index (χ0n) is 11.8. The van der Waals surface area contributed by atoms with Gasteiger partial charge in [-0.25, -0.2) is 0 Å². The van der Waals surface area contributed by atoms with Crippen LogP contribution in [-0.4, -0.2) is 22.6 Å². The van der Waals surface area contributed by atoms with Crippen molar-refractivity contribution in [3.63, 3.8) is 0 Å². The van der Waals surface area contributed by atoms with Gasteiger partial charge in [0.15, 0.2) is 0 Å². The minimum Gasteiger partial charge on any atom is -0.494 e. The number of aryl methyl sites for hydroxylation is 2. The fraction of sp³-hybridized carbons (Fsp3) is 0.429. The van der Waals surface area contributed by atoms with E-state index in [1.165, 1.54) is 22.9 Å². The number of ether oxygens (including phenoxy) is 1. The Bertz CT molecular complexity index is 557. The summed E-state index contributed by atoms with van der Waals surface area (Å²) in [5, 5.41) is 8.26. The van der Waals surface area contributed by atoms with Crippen LogP contribution >= 0.6 is 11.8 Å². The van der Waals surface area contributed by atoms with Crippen LogP contribution in [0.15, 0.2) is 27.8 Å². The van der Waals surface area contributed by atoms with Crippen molar-refractivity contribution in [3.05, 3.63) is 35.2 Å². The number of rotatable bonds is 7. The Morgan fingerprint density at radius 1 is 1.25 bits per heavy atom. The van der Waals surface area contributed by atoms with Crippen LogP contribution in [0.5, 0.6) is 5.75 Å². The zero-order chi connectivity index (χ0) is 14.4. The van der Waals surface area contributed by atoms with Crippen LogP contribution in [0.2, 0.25) is 0 Å². The Morgan fingerprint density at radius 3 is 2.80 bits per heavy atom. The molecule has 0 saturated heterocycles. The molecular weight excluding hydrogens is 274 g/mol. The molecule has 0 saturated carbocycles. The minimum atomic E-state index is 0.281. The van der Waals surface area contributed by atoms with Gasteiger partial charge in [-0.05, 0) is 43.5 Å². The first-order valence-electron chi connectivity index (χ1n) is 6.54. The number of aromatic nitrogens is 2. The van der Waals surface area contributed by atoms with Gasteiger partial charge in [0.2, 0.25) is 5.89 Å². The van der Waals surface area contributed by atoms with E-state index in [0.717, 1.165) is 17.9 Å². The third-order valence-electron chi connectivity index (χ3n) is 2.88. The lowest BCUT2D eigenvalue weighted by atomic mass is 10.1. The SMILES string of the molecule is Cc1ccc(OCCCSc2nnc(CN)o2)cc1C. The van der Waals surface area contributed by atoms with Crippen molar-refractivity contribution < 1.29 is 9.15 Å². The Balaban J connectivity index is 1.67. The fourth-order valence-electron chi connectivity index (χ4n) is 1.59. The Labute approximate surface area is 122 Å². The molecule has 2 rings (SSSR count). The van der Waals surface area contributed by atoms with Crippen LogP contribution in [-0.2, 0) is 6.54 Å². The number of nitrogens with two attached hydrogens (primary N) is 1. The molecule has 6 heteroatoms. The van der Waals surface area contributed by atoms with E-state index >= 15 is 0 Å². The Hall–Kier alpha value is -1.53. The van der Waals surface area contributed by atoms with E-state index in [4.69, 9.17) is 14.9 Å². The highest BCUT2D eigenvalue weighted by Gasteiger charge is 2.04. The fourth-order valence-corrected chi connectivity index (χ4v) is 2.28. The molecule has 0 bridgehead atoms. The molecule has 2 aromatic rings. The summed E-state index contributed by atoms with van der Waals surface area (Å²) in [5.41, 5.74) is 7.93. The van der Waals surface area contributed by atoms with Crippen LogP contribution in [0.3, 0.4) is 0 Å². The van der Waals surface area contributed by atoms with Gasteiger partial charge < -0.3 is 14.9 Å². The lowest BCUT2D eigenvalue weighted by Crippen LogP contribution is -1.99. The third kappa shape index (κ3) is 4.25. The van der Waals surface area contributed by atoms with Crippen LogP contribution in [0.4, 0.5) is 0 Å². The summed E-state index contributed by atoms with van der Waals surface area (Å²) in [6.07, 6.45) is 0.915. The molecule has 0 atom stereocenters. The number of benzene rings is 1. The molecule has 0 aliphatic heterocycles. The summed E-state index contributed by atoms with van der Waals surface area (Å²) in [5.74, 6) is 2.26. The number of hydrogen-bond acceptors (Lipinski definition) is 6. The third-order valence-corrected chi connectivity index (χ3v) is 3.79. The molecule has 0 aliphatic rings. The standard InChI is InChI=1S/C14H19N3O2S/c1-10-4-5-12(8-11(10)2)18-6-3-7-20-14-17-16-13(9-15)19-14/h4-5,8H,3,6-7,9,15H2,1-2H3. The van der Waals surface area contributed by atoms with Crippen molar-refractivity contribution in [2.24, 2.45) is 5.73 Å². The molecule has 0 radical (unpaired) electrons. The lowest BCUT2D eigenvalue weighted by Gasteiger charge is -2.07. The molecule has 0 fully saturated rings. The molecule has 20 heavy (non-hydrogen) atoms. The van der Waals surface area contributed by atoms with Crippen molar-refractivity contribution in [2.45, 2.75) is 32.0 Å². The molecule has 0 spiro atoms. The molecule has 0 amide bonds. The summed E-state index contributed by atoms with van der Waals surface area (Å²) in [6.45, 7) is 5.13. The maximum absolute atomic E-state index is 5.71. The second-order valence-corrected chi connectivity index (χ2v) is 5.51. The van der Waals surface area contributed by atoms with Gasteiger partial charge in [0, 0.05) is 5.75 Å². The summed E-state index contributed by atoms with van der Waals surface area (Å²) < 4.78 is 11.0. The molecule has 2 N–H and O–H groups in total. The van der Waals surface area contributed by atoms with E-state index in [-0.39, 0.29) is 6.54 Å². The van der Waals surface area contributed by atoms with Gasteiger partial charge in [0.1, 0.15) is 5.75 Å². The predicted molar refractivity (Wildman–Crippen MR) is 78.9 cm³/mol. The van der Waals surface area contributed by atoms with Gasteiger partial charge >= 0.3 is 0 Å². The zero-order valence-corrected chi connectivity index (χ0v) is 12.6. The van der Waals surface area contributed by atoms with E-state index in [1.54, 1.807) is 0 Å². The molecule has 0 unspecified atom stereocenters. The van der Waals surface area contributed by atoms with Gasteiger partial charge in [-0.2, -0.15) is 0 Å². The van der Waals surface area contributed by atoms with Crippen LogP contribution in [0, 0.1) is 13.8 Å². The smallest absolute Gasteiger partial charge is 0.276 e. The summed E-state index contributed by atoms with van der Waals surface area (Å²) in [4.78, 5) is 0. The largest absolute Gasteiger partial charge is 0.494 e. The number of hydrogen-bond donors (Lipinski definition) is 1. The van der Waals surface area contributed by atoms with Gasteiger partial charge in [-0.15, -0.1) is 10.2 Å². The number of nitrogens with zero attached hydrogens (tertiary/aromatic N) is 2. The molecule has 0 aliphatic carbocycles. The van der Waals surface area contributed by atoms with Crippen molar-refractivity contribution in [3.8, 4) is 5.75 Å². The Morgan fingerprint density at radius 2 is 2.10 bits per heavy atom. The number of thioether (sulfide) groups is 1. The molecular formula is C14H19N3O2S. The van der Waals surface area contributed by atoms with E-state index < -0.39 is 0 Å². The quantitative estimate of drug-likeness (QED) is 0.625. The van der Waals surface area contributed by atoms with Gasteiger partial charge in [-0.3, -0.25) is 0 Å². The summed E-state index contributed by atoms with van der Waals surface area (Å²) >= 11 is 1.52. The summed E-state index contributed by atoms with van der Waals surface area (Å²) in [7, 11) is 0. The Kier molecular flexibility index (Phi) is 5.43. The van der Waals surface area contributed by atoms with E-state index in [1.807, 2.05) is 6.07 Å². The summed E-state index contributed by atoms with van der Waals surface area (Å²) in [6, 6.07) is 6.14.